The first-order valence-corrected chi connectivity index (χ1v) is 8.50. The van der Waals surface area contributed by atoms with Gasteiger partial charge in [0.25, 0.3) is 5.91 Å². The number of halogens is 3. The lowest BCUT2D eigenvalue weighted by molar-refractivity contribution is 0.0929. The molecule has 1 N–H and O–H groups in total. The Hall–Kier alpha value is -3.42. The minimum absolute atomic E-state index is 0.0897. The molecule has 2 heterocycles. The highest BCUT2D eigenvalue weighted by Gasteiger charge is 2.25. The van der Waals surface area contributed by atoms with Crippen LogP contribution in [0.2, 0.25) is 0 Å². The van der Waals surface area contributed by atoms with E-state index in [9.17, 15) is 18.0 Å². The molecule has 2 aromatic carbocycles. The maximum Gasteiger partial charge on any atom is 0.254 e. The summed E-state index contributed by atoms with van der Waals surface area (Å²) in [5.41, 5.74) is 2.01. The van der Waals surface area contributed by atoms with Gasteiger partial charge in [-0.2, -0.15) is 0 Å². The van der Waals surface area contributed by atoms with Gasteiger partial charge in [0.2, 0.25) is 0 Å². The molecule has 28 heavy (non-hydrogen) atoms. The second kappa shape index (κ2) is 7.30. The second-order valence-electron chi connectivity index (χ2n) is 6.31. The molecule has 142 valence electrons. The molecule has 0 bridgehead atoms. The van der Waals surface area contributed by atoms with Gasteiger partial charge >= 0.3 is 0 Å². The van der Waals surface area contributed by atoms with Crippen molar-refractivity contribution in [2.45, 2.75) is 12.5 Å². The fourth-order valence-corrected chi connectivity index (χ4v) is 3.04. The zero-order valence-electron chi connectivity index (χ0n) is 14.5. The molecule has 1 aromatic heterocycles. The molecular formula is C20H14F3N3O2. The molecule has 8 heteroatoms. The Morgan fingerprint density at radius 2 is 1.93 bits per heavy atom. The van der Waals surface area contributed by atoms with Crippen molar-refractivity contribution in [2.75, 3.05) is 6.54 Å². The summed E-state index contributed by atoms with van der Waals surface area (Å²) in [4.78, 5) is 20.4. The molecule has 3 aromatic rings. The molecule has 1 amide bonds. The number of benzene rings is 2. The average molecular weight is 385 g/mol. The highest BCUT2D eigenvalue weighted by molar-refractivity contribution is 5.94. The van der Waals surface area contributed by atoms with Crippen molar-refractivity contribution in [3.05, 3.63) is 77.5 Å². The normalized spacial score (nSPS) is 15.0. The second-order valence-corrected chi connectivity index (χ2v) is 6.31. The van der Waals surface area contributed by atoms with Crippen LogP contribution in [-0.4, -0.2) is 28.5 Å². The van der Waals surface area contributed by atoms with E-state index in [0.29, 0.717) is 24.3 Å². The molecule has 1 aliphatic heterocycles. The summed E-state index contributed by atoms with van der Waals surface area (Å²) in [6.07, 6.45) is 5.03. The fraction of sp³-hybridized carbons (Fsp3) is 0.150. The Morgan fingerprint density at radius 3 is 2.71 bits per heavy atom. The van der Waals surface area contributed by atoms with Crippen molar-refractivity contribution in [3.8, 4) is 17.0 Å². The van der Waals surface area contributed by atoms with E-state index in [4.69, 9.17) is 4.74 Å². The first-order valence-electron chi connectivity index (χ1n) is 8.50. The van der Waals surface area contributed by atoms with Gasteiger partial charge in [-0.1, -0.05) is 0 Å². The Kier molecular flexibility index (Phi) is 4.68. The van der Waals surface area contributed by atoms with E-state index in [1.54, 1.807) is 18.6 Å². The van der Waals surface area contributed by atoms with Gasteiger partial charge in [-0.3, -0.25) is 14.8 Å². The van der Waals surface area contributed by atoms with Gasteiger partial charge in [-0.25, -0.2) is 13.2 Å². The topological polar surface area (TPSA) is 64.1 Å². The van der Waals surface area contributed by atoms with E-state index in [2.05, 4.69) is 15.3 Å². The van der Waals surface area contributed by atoms with Crippen molar-refractivity contribution in [1.29, 1.82) is 0 Å². The highest BCUT2D eigenvalue weighted by atomic mass is 19.2. The Morgan fingerprint density at radius 1 is 1.11 bits per heavy atom. The van der Waals surface area contributed by atoms with Crippen molar-refractivity contribution >= 4 is 5.91 Å². The third-order valence-corrected chi connectivity index (χ3v) is 4.41. The first-order chi connectivity index (χ1) is 13.5. The summed E-state index contributed by atoms with van der Waals surface area (Å²) in [7, 11) is 0. The van der Waals surface area contributed by atoms with Crippen molar-refractivity contribution in [1.82, 2.24) is 15.3 Å². The molecule has 0 saturated heterocycles. The third-order valence-electron chi connectivity index (χ3n) is 4.41. The molecule has 5 nitrogen and oxygen atoms in total. The van der Waals surface area contributed by atoms with E-state index in [-0.39, 0.29) is 12.6 Å². The zero-order valence-corrected chi connectivity index (χ0v) is 14.5. The van der Waals surface area contributed by atoms with Crippen LogP contribution < -0.4 is 10.1 Å². The van der Waals surface area contributed by atoms with Crippen LogP contribution in [0.25, 0.3) is 11.3 Å². The van der Waals surface area contributed by atoms with Gasteiger partial charge < -0.3 is 10.1 Å². The predicted octanol–water partition coefficient (Wildman–Crippen LogP) is 3.29. The number of carbonyl (C=O) groups is 1. The average Bonchev–Trinajstić information content (AvgIpc) is 3.11. The standard InChI is InChI=1S/C20H14F3N3O2/c21-15-8-17(23)16(22)7-14(15)20(27)26-9-13-6-12-5-11(1-2-19(12)28-13)18-10-24-3-4-25-18/h1-5,7-8,10,13H,6,9H2,(H,26,27). The molecular weight excluding hydrogens is 371 g/mol. The number of amides is 1. The summed E-state index contributed by atoms with van der Waals surface area (Å²) in [5, 5.41) is 2.49. The molecule has 0 aliphatic carbocycles. The minimum atomic E-state index is -1.34. The molecule has 1 atom stereocenters. The van der Waals surface area contributed by atoms with E-state index in [1.165, 1.54) is 0 Å². The smallest absolute Gasteiger partial charge is 0.254 e. The molecule has 1 unspecified atom stereocenters. The van der Waals surface area contributed by atoms with Crippen LogP contribution in [0.4, 0.5) is 13.2 Å². The lowest BCUT2D eigenvalue weighted by Crippen LogP contribution is -2.35. The van der Waals surface area contributed by atoms with Crippen molar-refractivity contribution < 1.29 is 22.7 Å². The summed E-state index contributed by atoms with van der Waals surface area (Å²) in [6, 6.07) is 6.50. The molecule has 1 aliphatic rings. The van der Waals surface area contributed by atoms with Gasteiger partial charge in [-0.15, -0.1) is 0 Å². The maximum absolute atomic E-state index is 13.7. The predicted molar refractivity (Wildman–Crippen MR) is 94.2 cm³/mol. The van der Waals surface area contributed by atoms with Gasteiger partial charge in [0.1, 0.15) is 17.7 Å². The third kappa shape index (κ3) is 3.53. The van der Waals surface area contributed by atoms with Gasteiger partial charge in [0.05, 0.1) is 24.0 Å². The maximum atomic E-state index is 13.7. The van der Waals surface area contributed by atoms with Gasteiger partial charge in [0, 0.05) is 30.4 Å². The molecule has 0 radical (unpaired) electrons. The van der Waals surface area contributed by atoms with Gasteiger partial charge in [0.15, 0.2) is 11.6 Å². The van der Waals surface area contributed by atoms with Crippen LogP contribution in [0, 0.1) is 17.5 Å². The number of nitrogens with one attached hydrogen (secondary N) is 1. The van der Waals surface area contributed by atoms with E-state index in [0.717, 1.165) is 16.8 Å². The van der Waals surface area contributed by atoms with Crippen LogP contribution in [0.3, 0.4) is 0 Å². The molecule has 4 rings (SSSR count). The Balaban J connectivity index is 1.42. The Labute approximate surface area is 158 Å². The quantitative estimate of drug-likeness (QED) is 0.700. The van der Waals surface area contributed by atoms with Crippen LogP contribution in [-0.2, 0) is 6.42 Å². The number of fused-ring (bicyclic) bond motifs is 1. The number of hydrogen-bond acceptors (Lipinski definition) is 4. The van der Waals surface area contributed by atoms with Crippen molar-refractivity contribution in [3.63, 3.8) is 0 Å². The number of aromatic nitrogens is 2. The largest absolute Gasteiger partial charge is 0.488 e. The molecule has 0 fully saturated rings. The number of carbonyl (C=O) groups excluding carboxylic acids is 1. The summed E-state index contributed by atoms with van der Waals surface area (Å²) < 4.78 is 45.7. The van der Waals surface area contributed by atoms with E-state index < -0.39 is 28.9 Å². The van der Waals surface area contributed by atoms with Crippen molar-refractivity contribution in [2.24, 2.45) is 0 Å². The lowest BCUT2D eigenvalue weighted by atomic mass is 10.0. The SMILES string of the molecule is O=C(NCC1Cc2cc(-c3cnccn3)ccc2O1)c1cc(F)c(F)cc1F. The van der Waals surface area contributed by atoms with Crippen LogP contribution >= 0.6 is 0 Å². The van der Waals surface area contributed by atoms with Crippen LogP contribution in [0.1, 0.15) is 15.9 Å². The Bertz CT molecular complexity index is 1040. The minimum Gasteiger partial charge on any atom is -0.488 e. The summed E-state index contributed by atoms with van der Waals surface area (Å²) >= 11 is 0. The number of hydrogen-bond donors (Lipinski definition) is 1. The fourth-order valence-electron chi connectivity index (χ4n) is 3.04. The lowest BCUT2D eigenvalue weighted by Gasteiger charge is -2.12. The number of nitrogens with zero attached hydrogens (tertiary/aromatic N) is 2. The van der Waals surface area contributed by atoms with E-state index in [1.807, 2.05) is 18.2 Å². The number of rotatable bonds is 4. The van der Waals surface area contributed by atoms with Crippen LogP contribution in [0.15, 0.2) is 48.9 Å². The van der Waals surface area contributed by atoms with Crippen LogP contribution in [0.5, 0.6) is 5.75 Å². The zero-order chi connectivity index (χ0) is 19.7. The number of ether oxygens (including phenoxy) is 1. The summed E-state index contributed by atoms with van der Waals surface area (Å²) in [6.45, 7) is 0.0897. The summed E-state index contributed by atoms with van der Waals surface area (Å²) in [5.74, 6) is -3.90. The monoisotopic (exact) mass is 385 g/mol. The molecule has 0 spiro atoms. The van der Waals surface area contributed by atoms with Gasteiger partial charge in [-0.05, 0) is 29.8 Å². The highest BCUT2D eigenvalue weighted by Crippen LogP contribution is 2.32. The van der Waals surface area contributed by atoms with E-state index >= 15 is 0 Å². The first kappa shape index (κ1) is 18.0. The molecule has 0 saturated carbocycles.